The van der Waals surface area contributed by atoms with E-state index in [1.807, 2.05) is 0 Å². The maximum absolute atomic E-state index is 11.4. The van der Waals surface area contributed by atoms with Gasteiger partial charge in [0.1, 0.15) is 0 Å². The van der Waals surface area contributed by atoms with Crippen molar-refractivity contribution in [2.45, 2.75) is 58.3 Å². The summed E-state index contributed by atoms with van der Waals surface area (Å²) in [6.07, 6.45) is 6.89. The summed E-state index contributed by atoms with van der Waals surface area (Å²) in [6.45, 7) is 6.10. The molecule has 0 amide bonds. The van der Waals surface area contributed by atoms with Gasteiger partial charge in [0.05, 0.1) is 6.61 Å². The van der Waals surface area contributed by atoms with Gasteiger partial charge < -0.3 is 9.84 Å². The second-order valence-corrected chi connectivity index (χ2v) is 4.40. The van der Waals surface area contributed by atoms with Gasteiger partial charge in [-0.25, -0.2) is 4.79 Å². The first-order valence-corrected chi connectivity index (χ1v) is 6.64. The van der Waals surface area contributed by atoms with Crippen LogP contribution in [0.4, 0.5) is 0 Å². The monoisotopic (exact) mass is 256 g/mol. The van der Waals surface area contributed by atoms with Gasteiger partial charge in [-0.2, -0.15) is 0 Å². The highest BCUT2D eigenvalue weighted by Crippen LogP contribution is 2.07. The molecule has 104 valence electrons. The van der Waals surface area contributed by atoms with Gasteiger partial charge in [0, 0.05) is 12.0 Å². The van der Waals surface area contributed by atoms with E-state index in [2.05, 4.69) is 13.5 Å². The summed E-state index contributed by atoms with van der Waals surface area (Å²) in [5.74, 6) is -1.40. The Morgan fingerprint density at radius 2 is 1.67 bits per heavy atom. The summed E-state index contributed by atoms with van der Waals surface area (Å²) in [7, 11) is 0. The van der Waals surface area contributed by atoms with Crippen molar-refractivity contribution in [2.75, 3.05) is 6.61 Å². The molecule has 0 aliphatic heterocycles. The average Bonchev–Trinajstić information content (AvgIpc) is 2.34. The third-order valence-corrected chi connectivity index (χ3v) is 2.66. The Kier molecular flexibility index (Phi) is 10.0. The Labute approximate surface area is 109 Å². The molecule has 0 aromatic rings. The van der Waals surface area contributed by atoms with Gasteiger partial charge in [-0.15, -0.1) is 0 Å². The van der Waals surface area contributed by atoms with Crippen LogP contribution in [0, 0.1) is 0 Å². The van der Waals surface area contributed by atoms with E-state index < -0.39 is 11.9 Å². The number of unbranched alkanes of at least 4 members (excludes halogenated alkanes) is 5. The number of ether oxygens (including phenoxy) is 1. The molecule has 0 aliphatic carbocycles. The lowest BCUT2D eigenvalue weighted by molar-refractivity contribution is -0.139. The zero-order valence-corrected chi connectivity index (χ0v) is 11.2. The van der Waals surface area contributed by atoms with Gasteiger partial charge >= 0.3 is 11.9 Å². The van der Waals surface area contributed by atoms with Gasteiger partial charge in [0.15, 0.2) is 0 Å². The minimum Gasteiger partial charge on any atom is -0.481 e. The molecule has 0 rings (SSSR count). The van der Waals surface area contributed by atoms with E-state index in [4.69, 9.17) is 9.84 Å². The largest absolute Gasteiger partial charge is 0.481 e. The van der Waals surface area contributed by atoms with Crippen LogP contribution in [0.1, 0.15) is 58.3 Å². The summed E-state index contributed by atoms with van der Waals surface area (Å²) in [4.78, 5) is 21.7. The van der Waals surface area contributed by atoms with Gasteiger partial charge in [0.2, 0.25) is 0 Å². The Balaban J connectivity index is 3.46. The molecule has 0 radical (unpaired) electrons. The predicted molar refractivity (Wildman–Crippen MR) is 70.3 cm³/mol. The number of hydrogen-bond donors (Lipinski definition) is 1. The van der Waals surface area contributed by atoms with Crippen molar-refractivity contribution in [1.82, 2.24) is 0 Å². The lowest BCUT2D eigenvalue weighted by atomic mass is 10.1. The summed E-state index contributed by atoms with van der Waals surface area (Å²) < 4.78 is 5.01. The third-order valence-electron chi connectivity index (χ3n) is 2.66. The van der Waals surface area contributed by atoms with Crippen LogP contribution in [0.25, 0.3) is 0 Å². The fourth-order valence-corrected chi connectivity index (χ4v) is 1.51. The zero-order valence-electron chi connectivity index (χ0n) is 11.2. The van der Waals surface area contributed by atoms with Crippen LogP contribution in [-0.4, -0.2) is 23.7 Å². The lowest BCUT2D eigenvalue weighted by Gasteiger charge is -2.06. The van der Waals surface area contributed by atoms with Crippen LogP contribution in [0.15, 0.2) is 12.2 Å². The average molecular weight is 256 g/mol. The highest BCUT2D eigenvalue weighted by molar-refractivity contribution is 5.88. The van der Waals surface area contributed by atoms with Crippen LogP contribution in [0.3, 0.4) is 0 Å². The first-order chi connectivity index (χ1) is 8.57. The third kappa shape index (κ3) is 9.87. The van der Waals surface area contributed by atoms with Crippen LogP contribution in [0.5, 0.6) is 0 Å². The fraction of sp³-hybridized carbons (Fsp3) is 0.714. The van der Waals surface area contributed by atoms with Crippen LogP contribution in [-0.2, 0) is 14.3 Å². The predicted octanol–water partition coefficient (Wildman–Crippen LogP) is 3.31. The fourth-order valence-electron chi connectivity index (χ4n) is 1.51. The highest BCUT2D eigenvalue weighted by atomic mass is 16.5. The molecule has 0 atom stereocenters. The van der Waals surface area contributed by atoms with Crippen molar-refractivity contribution < 1.29 is 19.4 Å². The molecule has 0 unspecified atom stereocenters. The maximum Gasteiger partial charge on any atom is 0.333 e. The van der Waals surface area contributed by atoms with Crippen molar-refractivity contribution in [3.05, 3.63) is 12.2 Å². The molecule has 0 aromatic heterocycles. The summed E-state index contributed by atoms with van der Waals surface area (Å²) in [5, 5.41) is 8.47. The quantitative estimate of drug-likeness (QED) is 0.350. The van der Waals surface area contributed by atoms with E-state index in [1.165, 1.54) is 25.7 Å². The molecular weight excluding hydrogens is 232 g/mol. The van der Waals surface area contributed by atoms with Gasteiger partial charge in [-0.3, -0.25) is 4.79 Å². The molecular formula is C14H24O4. The number of esters is 1. The number of carboxylic acid groups (broad SMARTS) is 1. The number of aliphatic carboxylic acids is 1. The van der Waals surface area contributed by atoms with E-state index in [-0.39, 0.29) is 18.4 Å². The normalized spacial score (nSPS) is 10.1. The molecule has 0 bridgehead atoms. The molecule has 1 N–H and O–H groups in total. The second-order valence-electron chi connectivity index (χ2n) is 4.40. The van der Waals surface area contributed by atoms with Crippen LogP contribution < -0.4 is 0 Å². The number of carbonyl (C=O) groups is 2. The SMILES string of the molecule is C=C(CCC(=O)O)C(=O)OCCCCCCCC. The standard InChI is InChI=1S/C14H24O4/c1-3-4-5-6-7-8-11-18-14(17)12(2)9-10-13(15)16/h2-11H2,1H3,(H,15,16). The minimum atomic E-state index is -0.931. The van der Waals surface area contributed by atoms with Gasteiger partial charge in [0.25, 0.3) is 0 Å². The summed E-state index contributed by atoms with van der Waals surface area (Å²) >= 11 is 0. The molecule has 4 heteroatoms. The Morgan fingerprint density at radius 3 is 2.28 bits per heavy atom. The molecule has 0 heterocycles. The molecule has 0 saturated heterocycles. The number of carboxylic acids is 1. The van der Waals surface area contributed by atoms with Gasteiger partial charge in [-0.1, -0.05) is 45.6 Å². The van der Waals surface area contributed by atoms with E-state index in [0.717, 1.165) is 12.8 Å². The van der Waals surface area contributed by atoms with Crippen LogP contribution in [0.2, 0.25) is 0 Å². The van der Waals surface area contributed by atoms with Gasteiger partial charge in [-0.05, 0) is 12.8 Å². The number of rotatable bonds is 11. The molecule has 0 spiro atoms. The highest BCUT2D eigenvalue weighted by Gasteiger charge is 2.09. The first-order valence-electron chi connectivity index (χ1n) is 6.64. The lowest BCUT2D eigenvalue weighted by Crippen LogP contribution is -2.09. The Morgan fingerprint density at radius 1 is 1.06 bits per heavy atom. The molecule has 0 saturated carbocycles. The minimum absolute atomic E-state index is 0.0784. The maximum atomic E-state index is 11.4. The van der Waals surface area contributed by atoms with Crippen molar-refractivity contribution in [1.29, 1.82) is 0 Å². The Hall–Kier alpha value is -1.32. The molecule has 0 fully saturated rings. The van der Waals surface area contributed by atoms with Crippen LogP contribution >= 0.6 is 0 Å². The van der Waals surface area contributed by atoms with E-state index >= 15 is 0 Å². The first kappa shape index (κ1) is 16.7. The Bertz CT molecular complexity index is 271. The molecule has 18 heavy (non-hydrogen) atoms. The summed E-state index contributed by atoms with van der Waals surface area (Å²) in [5.41, 5.74) is 0.239. The zero-order chi connectivity index (χ0) is 13.8. The van der Waals surface area contributed by atoms with Crippen molar-refractivity contribution in [3.63, 3.8) is 0 Å². The van der Waals surface area contributed by atoms with Crippen molar-refractivity contribution >= 4 is 11.9 Å². The summed E-state index contributed by atoms with van der Waals surface area (Å²) in [6, 6.07) is 0. The van der Waals surface area contributed by atoms with Crippen molar-refractivity contribution in [3.8, 4) is 0 Å². The van der Waals surface area contributed by atoms with E-state index in [9.17, 15) is 9.59 Å². The van der Waals surface area contributed by atoms with E-state index in [0.29, 0.717) is 6.61 Å². The molecule has 0 aliphatic rings. The number of carbonyl (C=O) groups excluding carboxylic acids is 1. The second kappa shape index (κ2) is 10.8. The molecule has 0 aromatic carbocycles. The van der Waals surface area contributed by atoms with Crippen molar-refractivity contribution in [2.24, 2.45) is 0 Å². The smallest absolute Gasteiger partial charge is 0.333 e. The topological polar surface area (TPSA) is 63.6 Å². The number of hydrogen-bond acceptors (Lipinski definition) is 3. The molecule has 4 nitrogen and oxygen atoms in total. The van der Waals surface area contributed by atoms with E-state index in [1.54, 1.807) is 0 Å².